The molecule has 0 radical (unpaired) electrons. The maximum atomic E-state index is 13.5. The quantitative estimate of drug-likeness (QED) is 0.330. The van der Waals surface area contributed by atoms with Gasteiger partial charge in [0.15, 0.2) is 9.84 Å². The Morgan fingerprint density at radius 3 is 2.49 bits per heavy atom. The lowest BCUT2D eigenvalue weighted by Crippen LogP contribution is -2.45. The molecule has 3 N–H and O–H groups in total. The first kappa shape index (κ1) is 27.8. The minimum Gasteiger partial charge on any atom is -0.358 e. The van der Waals surface area contributed by atoms with Gasteiger partial charge in [0.25, 0.3) is 11.8 Å². The summed E-state index contributed by atoms with van der Waals surface area (Å²) in [5, 5.41) is 6.88. The van der Waals surface area contributed by atoms with Crippen LogP contribution in [0.4, 0.5) is 5.69 Å². The first-order valence-electron chi connectivity index (χ1n) is 14.0. The summed E-state index contributed by atoms with van der Waals surface area (Å²) in [4.78, 5) is 31.8. The van der Waals surface area contributed by atoms with Crippen LogP contribution in [-0.2, 0) is 20.4 Å². The van der Waals surface area contributed by atoms with E-state index in [0.29, 0.717) is 63.8 Å². The van der Waals surface area contributed by atoms with E-state index in [4.69, 9.17) is 11.6 Å². The van der Waals surface area contributed by atoms with E-state index in [-0.39, 0.29) is 22.5 Å². The van der Waals surface area contributed by atoms with Gasteiger partial charge < -0.3 is 20.5 Å². The summed E-state index contributed by atoms with van der Waals surface area (Å²) >= 11 is 6.21. The van der Waals surface area contributed by atoms with Crippen LogP contribution in [-0.4, -0.2) is 55.3 Å². The Morgan fingerprint density at radius 2 is 1.78 bits per heavy atom. The SMILES string of the molecule is Cc1[nH]c(C=C2C(=O)Nc3ccc(S(=O)(=O)Cc4ccccc4Cl)cc32)c(C)c1C(=O)N1CCC(NC2CC2)CC1. The third kappa shape index (κ3) is 5.58. The van der Waals surface area contributed by atoms with E-state index in [0.717, 1.165) is 24.1 Å². The molecule has 10 heteroatoms. The fourth-order valence-electron chi connectivity index (χ4n) is 5.78. The molecule has 0 unspecified atom stereocenters. The number of rotatable bonds is 7. The molecule has 214 valence electrons. The molecule has 1 aliphatic carbocycles. The summed E-state index contributed by atoms with van der Waals surface area (Å²) < 4.78 is 26.5. The summed E-state index contributed by atoms with van der Waals surface area (Å²) in [5.74, 6) is -0.583. The smallest absolute Gasteiger partial charge is 0.256 e. The monoisotopic (exact) mass is 592 g/mol. The average Bonchev–Trinajstić information content (AvgIpc) is 3.64. The Morgan fingerprint density at radius 1 is 1.07 bits per heavy atom. The van der Waals surface area contributed by atoms with Gasteiger partial charge in [-0.05, 0) is 81.0 Å². The van der Waals surface area contributed by atoms with E-state index in [1.807, 2.05) is 18.7 Å². The van der Waals surface area contributed by atoms with Crippen LogP contribution in [0.25, 0.3) is 11.6 Å². The van der Waals surface area contributed by atoms with Gasteiger partial charge in [-0.3, -0.25) is 9.59 Å². The molecule has 2 amide bonds. The van der Waals surface area contributed by atoms with E-state index in [2.05, 4.69) is 15.6 Å². The molecule has 3 aliphatic rings. The summed E-state index contributed by atoms with van der Waals surface area (Å²) in [5.41, 5.74) is 4.67. The molecule has 1 saturated heterocycles. The normalized spacial score (nSPS) is 18.6. The van der Waals surface area contributed by atoms with E-state index in [1.165, 1.54) is 25.0 Å². The number of hydrogen-bond donors (Lipinski definition) is 3. The van der Waals surface area contributed by atoms with E-state index in [1.54, 1.807) is 36.4 Å². The van der Waals surface area contributed by atoms with E-state index in [9.17, 15) is 18.0 Å². The number of nitrogens with one attached hydrogen (secondary N) is 3. The van der Waals surface area contributed by atoms with Gasteiger partial charge in [-0.1, -0.05) is 29.8 Å². The predicted molar refractivity (Wildman–Crippen MR) is 161 cm³/mol. The number of carbonyl (C=O) groups is 2. The van der Waals surface area contributed by atoms with Gasteiger partial charge in [0.05, 0.1) is 21.8 Å². The number of sulfone groups is 1. The fourth-order valence-corrected chi connectivity index (χ4v) is 7.46. The Labute approximate surface area is 245 Å². The lowest BCUT2D eigenvalue weighted by atomic mass is 10.0. The van der Waals surface area contributed by atoms with Crippen molar-refractivity contribution >= 4 is 50.6 Å². The number of halogens is 1. The van der Waals surface area contributed by atoms with Crippen LogP contribution in [0.15, 0.2) is 47.4 Å². The average molecular weight is 593 g/mol. The summed E-state index contributed by atoms with van der Waals surface area (Å²) in [6, 6.07) is 12.6. The standard InChI is InChI=1S/C31H33ClN4O4S/c1-18-28(33-19(2)29(18)31(38)36-13-11-22(12-14-36)34-21-7-8-21)16-25-24-15-23(9-10-27(24)35-30(25)37)41(39,40)17-20-5-3-4-6-26(20)32/h3-6,9-10,15-16,21-22,33-34H,7-8,11-14,17H2,1-2H3,(H,35,37). The van der Waals surface area contributed by atoms with Crippen molar-refractivity contribution in [3.8, 4) is 0 Å². The van der Waals surface area contributed by atoms with E-state index < -0.39 is 9.84 Å². The summed E-state index contributed by atoms with van der Waals surface area (Å²) in [6.07, 6.45) is 6.10. The molecule has 3 heterocycles. The van der Waals surface area contributed by atoms with Gasteiger partial charge >= 0.3 is 0 Å². The maximum Gasteiger partial charge on any atom is 0.256 e. The molecule has 1 saturated carbocycles. The molecule has 2 aliphatic heterocycles. The highest BCUT2D eigenvalue weighted by molar-refractivity contribution is 7.90. The van der Waals surface area contributed by atoms with Crippen molar-refractivity contribution in [3.63, 3.8) is 0 Å². The number of aryl methyl sites for hydroxylation is 1. The number of benzene rings is 2. The number of likely N-dealkylation sites (tertiary alicyclic amines) is 1. The molecule has 3 aromatic rings. The summed E-state index contributed by atoms with van der Waals surface area (Å²) in [7, 11) is -3.73. The van der Waals surface area contributed by atoms with Crippen LogP contribution in [0, 0.1) is 13.8 Å². The lowest BCUT2D eigenvalue weighted by Gasteiger charge is -2.32. The number of fused-ring (bicyclic) bond motifs is 1. The number of carbonyl (C=O) groups excluding carboxylic acids is 2. The Kier molecular flexibility index (Phi) is 7.30. The number of nitrogens with zero attached hydrogens (tertiary/aromatic N) is 1. The Bertz CT molecular complexity index is 1680. The van der Waals surface area contributed by atoms with Crippen molar-refractivity contribution in [2.75, 3.05) is 18.4 Å². The second-order valence-electron chi connectivity index (χ2n) is 11.2. The first-order chi connectivity index (χ1) is 19.6. The van der Waals surface area contributed by atoms with Gasteiger partial charge in [-0.2, -0.15) is 0 Å². The Balaban J connectivity index is 1.25. The number of aromatic nitrogens is 1. The molecule has 6 rings (SSSR count). The second-order valence-corrected chi connectivity index (χ2v) is 13.6. The van der Waals surface area contributed by atoms with Crippen LogP contribution < -0.4 is 10.6 Å². The minimum absolute atomic E-state index is 0.00463. The van der Waals surface area contributed by atoms with Crippen molar-refractivity contribution < 1.29 is 18.0 Å². The van der Waals surface area contributed by atoms with Crippen molar-refractivity contribution in [1.82, 2.24) is 15.2 Å². The molecule has 2 aromatic carbocycles. The third-order valence-corrected chi connectivity index (χ3v) is 10.3. The predicted octanol–water partition coefficient (Wildman–Crippen LogP) is 5.11. The zero-order valence-corrected chi connectivity index (χ0v) is 24.7. The minimum atomic E-state index is -3.73. The van der Waals surface area contributed by atoms with Crippen molar-refractivity contribution in [3.05, 3.63) is 81.1 Å². The number of hydrogen-bond acceptors (Lipinski definition) is 5. The largest absolute Gasteiger partial charge is 0.358 e. The molecule has 8 nitrogen and oxygen atoms in total. The second kappa shape index (κ2) is 10.8. The first-order valence-corrected chi connectivity index (χ1v) is 16.0. The molecule has 0 bridgehead atoms. The zero-order valence-electron chi connectivity index (χ0n) is 23.1. The Hall–Kier alpha value is -3.40. The number of H-pyrrole nitrogens is 1. The van der Waals surface area contributed by atoms with Crippen LogP contribution in [0.3, 0.4) is 0 Å². The fraction of sp³-hybridized carbons (Fsp3) is 0.355. The van der Waals surface area contributed by atoms with Gasteiger partial charge in [0, 0.05) is 52.8 Å². The lowest BCUT2D eigenvalue weighted by molar-refractivity contribution is -0.110. The van der Waals surface area contributed by atoms with Crippen molar-refractivity contribution in [2.24, 2.45) is 0 Å². The van der Waals surface area contributed by atoms with E-state index >= 15 is 0 Å². The zero-order chi connectivity index (χ0) is 28.9. The van der Waals surface area contributed by atoms with Crippen LogP contribution in [0.5, 0.6) is 0 Å². The van der Waals surface area contributed by atoms with Gasteiger partial charge in [0.1, 0.15) is 0 Å². The van der Waals surface area contributed by atoms with Crippen molar-refractivity contribution in [1.29, 1.82) is 0 Å². The van der Waals surface area contributed by atoms with Crippen LogP contribution >= 0.6 is 11.6 Å². The highest BCUT2D eigenvalue weighted by Gasteiger charge is 2.31. The number of anilines is 1. The van der Waals surface area contributed by atoms with Gasteiger partial charge in [-0.15, -0.1) is 0 Å². The van der Waals surface area contributed by atoms with Crippen LogP contribution in [0.2, 0.25) is 5.02 Å². The molecule has 1 aromatic heterocycles. The summed E-state index contributed by atoms with van der Waals surface area (Å²) in [6.45, 7) is 5.17. The highest BCUT2D eigenvalue weighted by atomic mass is 35.5. The number of piperidine rings is 1. The van der Waals surface area contributed by atoms with Gasteiger partial charge in [0.2, 0.25) is 0 Å². The molecule has 0 atom stereocenters. The van der Waals surface area contributed by atoms with Gasteiger partial charge in [-0.25, -0.2) is 8.42 Å². The molecular weight excluding hydrogens is 560 g/mol. The third-order valence-electron chi connectivity index (χ3n) is 8.25. The highest BCUT2D eigenvalue weighted by Crippen LogP contribution is 2.36. The number of amides is 2. The molecule has 41 heavy (non-hydrogen) atoms. The molecular formula is C31H33ClN4O4S. The maximum absolute atomic E-state index is 13.5. The number of aromatic amines is 1. The van der Waals surface area contributed by atoms with Crippen molar-refractivity contribution in [2.45, 2.75) is 62.3 Å². The topological polar surface area (TPSA) is 111 Å². The molecule has 0 spiro atoms. The van der Waals surface area contributed by atoms with Crippen LogP contribution in [0.1, 0.15) is 64.1 Å². The molecule has 2 fully saturated rings.